The third-order valence-corrected chi connectivity index (χ3v) is 10.9. The molecule has 2 saturated carbocycles. The molecule has 10 unspecified atom stereocenters. The molecular formula is C29H34O12. The predicted molar refractivity (Wildman–Crippen MR) is 134 cm³/mol. The predicted octanol–water partition coefficient (Wildman–Crippen LogP) is 1.53. The van der Waals surface area contributed by atoms with Crippen LogP contribution in [-0.4, -0.2) is 75.8 Å². The molecule has 12 heteroatoms. The van der Waals surface area contributed by atoms with E-state index in [2.05, 4.69) is 0 Å². The topological polar surface area (TPSA) is 171 Å². The number of fused-ring (bicyclic) bond motifs is 3. The summed E-state index contributed by atoms with van der Waals surface area (Å²) in [6.45, 7) is 8.99. The maximum atomic E-state index is 14.1. The van der Waals surface area contributed by atoms with Crippen LogP contribution in [0.15, 0.2) is 35.2 Å². The van der Waals surface area contributed by atoms with Gasteiger partial charge in [0.25, 0.3) is 0 Å². The monoisotopic (exact) mass is 574 g/mol. The fourth-order valence-electron chi connectivity index (χ4n) is 9.10. The number of hydrogen-bond acceptors (Lipinski definition) is 12. The number of methoxy groups -OCH3 is 1. The maximum absolute atomic E-state index is 14.1. The average molecular weight is 575 g/mol. The second kappa shape index (κ2) is 7.85. The Bertz CT molecular complexity index is 1400. The Labute approximate surface area is 235 Å². The van der Waals surface area contributed by atoms with Crippen molar-refractivity contribution in [2.45, 2.75) is 88.9 Å². The fourth-order valence-corrected chi connectivity index (χ4v) is 9.10. The fraction of sp³-hybridized carbons (Fsp3) is 0.655. The summed E-state index contributed by atoms with van der Waals surface area (Å²) in [5.41, 5.74) is -10.3. The first kappa shape index (κ1) is 28.1. The number of carbonyl (C=O) groups excluding carboxylic acids is 4. The summed E-state index contributed by atoms with van der Waals surface area (Å²) < 4.78 is 34.4. The summed E-state index contributed by atoms with van der Waals surface area (Å²) in [7, 11) is 1.18. The molecule has 12 nitrogen and oxygen atoms in total. The van der Waals surface area contributed by atoms with Gasteiger partial charge in [-0.2, -0.15) is 0 Å². The van der Waals surface area contributed by atoms with E-state index in [4.69, 9.17) is 28.1 Å². The molecule has 3 saturated heterocycles. The van der Waals surface area contributed by atoms with Crippen molar-refractivity contribution in [2.24, 2.45) is 22.2 Å². The Morgan fingerprint density at radius 2 is 1.78 bits per heavy atom. The average Bonchev–Trinajstić information content (AvgIpc) is 3.39. The van der Waals surface area contributed by atoms with Crippen molar-refractivity contribution in [1.82, 2.24) is 0 Å². The molecule has 0 amide bonds. The first-order chi connectivity index (χ1) is 18.9. The van der Waals surface area contributed by atoms with E-state index in [1.807, 2.05) is 0 Å². The molecule has 6 rings (SSSR count). The van der Waals surface area contributed by atoms with Gasteiger partial charge in [0.2, 0.25) is 11.6 Å². The van der Waals surface area contributed by atoms with Crippen molar-refractivity contribution >= 4 is 23.7 Å². The highest BCUT2D eigenvalue weighted by molar-refractivity contribution is 6.00. The third-order valence-electron chi connectivity index (χ3n) is 10.9. The Morgan fingerprint density at radius 1 is 1.10 bits per heavy atom. The molecule has 0 aromatic carbocycles. The highest BCUT2D eigenvalue weighted by Crippen LogP contribution is 2.84. The number of cyclic esters (lactones) is 1. The summed E-state index contributed by atoms with van der Waals surface area (Å²) in [5.74, 6) is -6.49. The van der Waals surface area contributed by atoms with Crippen LogP contribution in [0.2, 0.25) is 0 Å². The van der Waals surface area contributed by atoms with Crippen LogP contribution in [0.3, 0.4) is 0 Å². The summed E-state index contributed by atoms with van der Waals surface area (Å²) in [4.78, 5) is 52.3. The molecule has 0 bridgehead atoms. The Balaban J connectivity index is 1.67. The summed E-state index contributed by atoms with van der Waals surface area (Å²) in [5, 5.41) is 25.3. The summed E-state index contributed by atoms with van der Waals surface area (Å²) >= 11 is 0. The second-order valence-corrected chi connectivity index (χ2v) is 12.9. The summed E-state index contributed by atoms with van der Waals surface area (Å²) in [6.07, 6.45) is 1.88. The van der Waals surface area contributed by atoms with Crippen LogP contribution in [0.5, 0.6) is 0 Å². The van der Waals surface area contributed by atoms with Crippen molar-refractivity contribution < 1.29 is 57.5 Å². The van der Waals surface area contributed by atoms with Gasteiger partial charge in [-0.05, 0) is 39.2 Å². The molecule has 10 atom stereocenters. The second-order valence-electron chi connectivity index (χ2n) is 12.9. The number of epoxide rings is 1. The Hall–Kier alpha value is -3.06. The van der Waals surface area contributed by atoms with E-state index in [0.717, 1.165) is 6.08 Å². The number of rotatable bonds is 4. The minimum Gasteiger partial charge on any atom is -0.472 e. The number of hydrogen-bond donors (Lipinski definition) is 2. The van der Waals surface area contributed by atoms with E-state index in [-0.39, 0.29) is 6.42 Å². The van der Waals surface area contributed by atoms with Gasteiger partial charge in [-0.1, -0.05) is 19.9 Å². The molecule has 3 aliphatic heterocycles. The standard InChI is InChI=1S/C29H34O12/c1-14(30)38-17-12-16-24(4,10-8-18(31)36-7)27(34)22(33)23(2,3)41-29(27,35)26(16,6)28-20(40-28)21(32)39-19(25(17,28)5)15-9-11-37-13-15/h8-11,13,16-17,19-20,34-35H,12H2,1-7H3. The highest BCUT2D eigenvalue weighted by Gasteiger charge is 2.99. The number of furan rings is 1. The van der Waals surface area contributed by atoms with Gasteiger partial charge in [-0.3, -0.25) is 9.59 Å². The molecule has 1 aromatic rings. The van der Waals surface area contributed by atoms with E-state index >= 15 is 0 Å². The first-order valence-electron chi connectivity index (χ1n) is 13.5. The lowest BCUT2D eigenvalue weighted by atomic mass is 9.44. The van der Waals surface area contributed by atoms with Crippen molar-refractivity contribution in [3.05, 3.63) is 36.3 Å². The number of aliphatic hydroxyl groups is 2. The van der Waals surface area contributed by atoms with Gasteiger partial charge >= 0.3 is 17.9 Å². The number of ketones is 1. The molecule has 4 heterocycles. The number of carbonyl (C=O) groups is 4. The summed E-state index contributed by atoms with van der Waals surface area (Å²) in [6, 6.07) is 1.61. The van der Waals surface area contributed by atoms with Gasteiger partial charge < -0.3 is 38.3 Å². The highest BCUT2D eigenvalue weighted by atomic mass is 16.7. The van der Waals surface area contributed by atoms with Crippen LogP contribution >= 0.6 is 0 Å². The van der Waals surface area contributed by atoms with E-state index in [0.29, 0.717) is 5.56 Å². The van der Waals surface area contributed by atoms with Crippen LogP contribution in [0, 0.1) is 22.2 Å². The minimum atomic E-state index is -2.63. The van der Waals surface area contributed by atoms with Crippen molar-refractivity contribution in [2.75, 3.05) is 7.11 Å². The Kier molecular flexibility index (Phi) is 5.38. The van der Waals surface area contributed by atoms with Gasteiger partial charge in [0.05, 0.1) is 30.5 Å². The number of Topliss-reactive ketones (excluding diaryl/α,β-unsaturated/α-hetero) is 1. The van der Waals surface area contributed by atoms with Crippen molar-refractivity contribution in [1.29, 1.82) is 0 Å². The van der Waals surface area contributed by atoms with Crippen molar-refractivity contribution in [3.8, 4) is 0 Å². The van der Waals surface area contributed by atoms with Gasteiger partial charge in [0.15, 0.2) is 11.7 Å². The molecule has 2 N–H and O–H groups in total. The third kappa shape index (κ3) is 2.76. The molecule has 0 radical (unpaired) electrons. The van der Waals surface area contributed by atoms with Gasteiger partial charge in [0.1, 0.15) is 23.4 Å². The van der Waals surface area contributed by atoms with Gasteiger partial charge in [0, 0.05) is 24.0 Å². The van der Waals surface area contributed by atoms with E-state index in [1.165, 1.54) is 53.4 Å². The molecular weight excluding hydrogens is 540 g/mol. The number of ether oxygens (including phenoxy) is 5. The SMILES string of the molecule is COC(=O)C=CC1(C)C2CC(OC(C)=O)C3(C)C(c4ccoc4)OC(=O)C4OC43C2(C)C2(O)OC(C)(C)C(=O)C12O. The smallest absolute Gasteiger partial charge is 0.339 e. The molecule has 222 valence electrons. The lowest BCUT2D eigenvalue weighted by Crippen LogP contribution is -2.73. The lowest BCUT2D eigenvalue weighted by molar-refractivity contribution is -0.347. The molecule has 2 aliphatic carbocycles. The van der Waals surface area contributed by atoms with E-state index in [9.17, 15) is 29.4 Å². The van der Waals surface area contributed by atoms with Crippen LogP contribution in [-0.2, 0) is 42.9 Å². The lowest BCUT2D eigenvalue weighted by Gasteiger charge is -2.61. The van der Waals surface area contributed by atoms with Crippen molar-refractivity contribution in [3.63, 3.8) is 0 Å². The molecule has 1 aromatic heterocycles. The zero-order valence-electron chi connectivity index (χ0n) is 23.9. The quantitative estimate of drug-likeness (QED) is 0.230. The molecule has 5 aliphatic rings. The van der Waals surface area contributed by atoms with Gasteiger partial charge in [-0.15, -0.1) is 0 Å². The van der Waals surface area contributed by atoms with Crippen LogP contribution in [0.25, 0.3) is 0 Å². The zero-order valence-corrected chi connectivity index (χ0v) is 23.9. The maximum Gasteiger partial charge on any atom is 0.339 e. The van der Waals surface area contributed by atoms with E-state index < -0.39 is 86.8 Å². The van der Waals surface area contributed by atoms with Gasteiger partial charge in [-0.25, -0.2) is 9.59 Å². The molecule has 1 spiro atoms. The first-order valence-corrected chi connectivity index (χ1v) is 13.5. The molecule has 5 fully saturated rings. The number of esters is 3. The minimum absolute atomic E-state index is 0.0278. The van der Waals surface area contributed by atoms with Crippen LogP contribution < -0.4 is 0 Å². The largest absolute Gasteiger partial charge is 0.472 e. The van der Waals surface area contributed by atoms with Crippen LogP contribution in [0.1, 0.15) is 59.6 Å². The van der Waals surface area contributed by atoms with E-state index in [1.54, 1.807) is 19.9 Å². The molecule has 41 heavy (non-hydrogen) atoms. The normalized spacial score (nSPS) is 49.0. The Morgan fingerprint density at radius 3 is 2.37 bits per heavy atom. The van der Waals surface area contributed by atoms with Crippen LogP contribution in [0.4, 0.5) is 0 Å². The zero-order chi connectivity index (χ0) is 30.2.